The van der Waals surface area contributed by atoms with E-state index in [-0.39, 0.29) is 0 Å². The summed E-state index contributed by atoms with van der Waals surface area (Å²) in [6, 6.07) is 16.1. The summed E-state index contributed by atoms with van der Waals surface area (Å²) in [5, 5.41) is 0.658. The van der Waals surface area contributed by atoms with Crippen molar-refractivity contribution < 1.29 is 4.42 Å². The molecule has 3 rings (SSSR count). The van der Waals surface area contributed by atoms with E-state index in [1.54, 1.807) is 24.2 Å². The monoisotopic (exact) mass is 386 g/mol. The molecule has 0 amide bonds. The van der Waals surface area contributed by atoms with E-state index in [2.05, 4.69) is 51.0 Å². The highest BCUT2D eigenvalue weighted by atomic mass is 79.9. The fourth-order valence-electron chi connectivity index (χ4n) is 1.97. The van der Waals surface area contributed by atoms with Gasteiger partial charge < -0.3 is 4.42 Å². The molecule has 0 atom stereocenters. The molecule has 1 heterocycles. The van der Waals surface area contributed by atoms with Crippen molar-refractivity contribution in [2.75, 3.05) is 0 Å². The SMILES string of the molecule is Cc1ccccc1CSc1ncc(C=Nc2ccc(Br)cc2)o1. The topological polar surface area (TPSA) is 38.4 Å². The molecular weight excluding hydrogens is 372 g/mol. The lowest BCUT2D eigenvalue weighted by Crippen LogP contribution is -1.84. The summed E-state index contributed by atoms with van der Waals surface area (Å²) in [5.74, 6) is 1.50. The van der Waals surface area contributed by atoms with Crippen molar-refractivity contribution in [3.05, 3.63) is 76.1 Å². The highest BCUT2D eigenvalue weighted by molar-refractivity contribution is 9.10. The van der Waals surface area contributed by atoms with Gasteiger partial charge in [0.1, 0.15) is 0 Å². The Morgan fingerprint density at radius 3 is 2.74 bits per heavy atom. The quantitative estimate of drug-likeness (QED) is 0.411. The first-order chi connectivity index (χ1) is 11.2. The van der Waals surface area contributed by atoms with Gasteiger partial charge in [-0.15, -0.1) is 0 Å². The molecule has 0 fully saturated rings. The van der Waals surface area contributed by atoms with Crippen LogP contribution in [0.2, 0.25) is 0 Å². The second-order valence-corrected chi connectivity index (χ2v) is 6.82. The number of nitrogens with zero attached hydrogens (tertiary/aromatic N) is 2. The predicted molar refractivity (Wildman–Crippen MR) is 98.6 cm³/mol. The molecule has 0 aliphatic heterocycles. The van der Waals surface area contributed by atoms with Crippen molar-refractivity contribution in [2.24, 2.45) is 4.99 Å². The minimum Gasteiger partial charge on any atom is -0.430 e. The molecule has 0 spiro atoms. The Labute approximate surface area is 148 Å². The first-order valence-electron chi connectivity index (χ1n) is 7.13. The van der Waals surface area contributed by atoms with Crippen molar-refractivity contribution in [3.8, 4) is 0 Å². The Bertz CT molecular complexity index is 812. The van der Waals surface area contributed by atoms with E-state index in [0.29, 0.717) is 11.0 Å². The van der Waals surface area contributed by atoms with Crippen molar-refractivity contribution >= 4 is 39.6 Å². The van der Waals surface area contributed by atoms with Gasteiger partial charge in [0.2, 0.25) is 0 Å². The first kappa shape index (κ1) is 16.0. The summed E-state index contributed by atoms with van der Waals surface area (Å²) in [4.78, 5) is 8.66. The standard InChI is InChI=1S/C18H15BrN2OS/c1-13-4-2-3-5-14(13)12-23-18-21-11-17(22-18)10-20-16-8-6-15(19)7-9-16/h2-11H,12H2,1H3. The average Bonchev–Trinajstić information content (AvgIpc) is 3.02. The third-order valence-corrected chi connectivity index (χ3v) is 4.70. The lowest BCUT2D eigenvalue weighted by atomic mass is 10.1. The summed E-state index contributed by atoms with van der Waals surface area (Å²) in [7, 11) is 0. The number of aliphatic imine (C=N–C) groups is 1. The highest BCUT2D eigenvalue weighted by Gasteiger charge is 2.05. The second kappa shape index (κ2) is 7.62. The van der Waals surface area contributed by atoms with E-state index in [4.69, 9.17) is 4.42 Å². The van der Waals surface area contributed by atoms with Crippen LogP contribution in [0.4, 0.5) is 5.69 Å². The summed E-state index contributed by atoms with van der Waals surface area (Å²) in [6.45, 7) is 2.11. The minimum absolute atomic E-state index is 0.653. The van der Waals surface area contributed by atoms with Crippen LogP contribution in [0.1, 0.15) is 16.9 Å². The number of aromatic nitrogens is 1. The van der Waals surface area contributed by atoms with Crippen LogP contribution in [0.25, 0.3) is 0 Å². The lowest BCUT2D eigenvalue weighted by molar-refractivity contribution is 0.449. The molecule has 0 radical (unpaired) electrons. The number of benzene rings is 2. The Morgan fingerprint density at radius 1 is 1.17 bits per heavy atom. The van der Waals surface area contributed by atoms with E-state index in [1.165, 1.54) is 11.1 Å². The average molecular weight is 387 g/mol. The van der Waals surface area contributed by atoms with Gasteiger partial charge in [0, 0.05) is 10.2 Å². The molecule has 0 saturated carbocycles. The fourth-order valence-corrected chi connectivity index (χ4v) is 3.12. The van der Waals surface area contributed by atoms with Gasteiger partial charge in [0.15, 0.2) is 5.76 Å². The van der Waals surface area contributed by atoms with Crippen LogP contribution in [-0.2, 0) is 5.75 Å². The minimum atomic E-state index is 0.653. The molecule has 0 aliphatic carbocycles. The Hall–Kier alpha value is -1.85. The van der Waals surface area contributed by atoms with Crippen LogP contribution in [0.15, 0.2) is 73.8 Å². The van der Waals surface area contributed by atoms with Crippen molar-refractivity contribution in [3.63, 3.8) is 0 Å². The number of oxazole rings is 1. The number of hydrogen-bond acceptors (Lipinski definition) is 4. The van der Waals surface area contributed by atoms with Gasteiger partial charge >= 0.3 is 0 Å². The van der Waals surface area contributed by atoms with Crippen LogP contribution < -0.4 is 0 Å². The van der Waals surface area contributed by atoms with E-state index >= 15 is 0 Å². The molecule has 5 heteroatoms. The van der Waals surface area contributed by atoms with Crippen molar-refractivity contribution in [2.45, 2.75) is 17.9 Å². The fraction of sp³-hybridized carbons (Fsp3) is 0.111. The maximum absolute atomic E-state index is 5.68. The molecule has 0 aliphatic rings. The molecule has 2 aromatic carbocycles. The van der Waals surface area contributed by atoms with Crippen LogP contribution >= 0.6 is 27.7 Å². The van der Waals surface area contributed by atoms with Crippen LogP contribution in [0, 0.1) is 6.92 Å². The predicted octanol–water partition coefficient (Wildman–Crippen LogP) is 5.79. The van der Waals surface area contributed by atoms with Gasteiger partial charge in [-0.3, -0.25) is 4.99 Å². The van der Waals surface area contributed by atoms with Crippen molar-refractivity contribution in [1.82, 2.24) is 4.98 Å². The molecule has 0 bridgehead atoms. The molecule has 3 aromatic rings. The summed E-state index contributed by atoms with van der Waals surface area (Å²) in [6.07, 6.45) is 3.39. The molecule has 23 heavy (non-hydrogen) atoms. The molecule has 116 valence electrons. The van der Waals surface area contributed by atoms with E-state index in [1.807, 2.05) is 30.3 Å². The van der Waals surface area contributed by atoms with Crippen molar-refractivity contribution in [1.29, 1.82) is 0 Å². The zero-order chi connectivity index (χ0) is 16.1. The maximum atomic E-state index is 5.68. The van der Waals surface area contributed by atoms with Crippen LogP contribution in [0.5, 0.6) is 0 Å². The van der Waals surface area contributed by atoms with Crippen LogP contribution in [-0.4, -0.2) is 11.2 Å². The molecule has 0 saturated heterocycles. The van der Waals surface area contributed by atoms with E-state index in [0.717, 1.165) is 15.9 Å². The molecule has 1 aromatic heterocycles. The zero-order valence-electron chi connectivity index (χ0n) is 12.6. The third kappa shape index (κ3) is 4.56. The Kier molecular flexibility index (Phi) is 5.31. The smallest absolute Gasteiger partial charge is 0.256 e. The van der Waals surface area contributed by atoms with Gasteiger partial charge in [0.05, 0.1) is 18.1 Å². The lowest BCUT2D eigenvalue weighted by Gasteiger charge is -2.02. The maximum Gasteiger partial charge on any atom is 0.256 e. The first-order valence-corrected chi connectivity index (χ1v) is 8.91. The third-order valence-electron chi connectivity index (χ3n) is 3.28. The van der Waals surface area contributed by atoms with Crippen LogP contribution in [0.3, 0.4) is 0 Å². The molecular formula is C18H15BrN2OS. The number of hydrogen-bond donors (Lipinski definition) is 0. The second-order valence-electron chi connectivity index (χ2n) is 4.98. The summed E-state index contributed by atoms with van der Waals surface area (Å²) in [5.41, 5.74) is 3.45. The zero-order valence-corrected chi connectivity index (χ0v) is 15.0. The normalized spacial score (nSPS) is 11.2. The molecule has 3 nitrogen and oxygen atoms in total. The van der Waals surface area contributed by atoms with Gasteiger partial charge in [-0.2, -0.15) is 0 Å². The van der Waals surface area contributed by atoms with E-state index < -0.39 is 0 Å². The summed E-state index contributed by atoms with van der Waals surface area (Å²) >= 11 is 4.99. The number of thioether (sulfide) groups is 1. The van der Waals surface area contributed by atoms with Gasteiger partial charge in [0.25, 0.3) is 5.22 Å². The molecule has 0 unspecified atom stereocenters. The number of aryl methyl sites for hydroxylation is 1. The van der Waals surface area contributed by atoms with Gasteiger partial charge in [-0.25, -0.2) is 4.98 Å². The largest absolute Gasteiger partial charge is 0.430 e. The number of rotatable bonds is 5. The van der Waals surface area contributed by atoms with Gasteiger partial charge in [-0.05, 0) is 42.3 Å². The van der Waals surface area contributed by atoms with Gasteiger partial charge in [-0.1, -0.05) is 52.0 Å². The Morgan fingerprint density at radius 2 is 1.96 bits per heavy atom. The molecule has 0 N–H and O–H groups in total. The van der Waals surface area contributed by atoms with E-state index in [9.17, 15) is 0 Å². The number of halogens is 1. The Balaban J connectivity index is 1.62. The summed E-state index contributed by atoms with van der Waals surface area (Å²) < 4.78 is 6.72. The highest BCUT2D eigenvalue weighted by Crippen LogP contribution is 2.24.